The average Bonchev–Trinajstić information content (AvgIpc) is 3.23. The van der Waals surface area contributed by atoms with Gasteiger partial charge in [0.15, 0.2) is 0 Å². The molecule has 1 saturated carbocycles. The fourth-order valence-corrected chi connectivity index (χ4v) is 4.37. The summed E-state index contributed by atoms with van der Waals surface area (Å²) in [6.45, 7) is 1.31. The fourth-order valence-electron chi connectivity index (χ4n) is 3.99. The van der Waals surface area contributed by atoms with Crippen molar-refractivity contribution in [2.45, 2.75) is 13.3 Å². The number of ether oxygens (including phenoxy) is 1. The second kappa shape index (κ2) is 5.91. The second-order valence-electron chi connectivity index (χ2n) is 6.51. The van der Waals surface area contributed by atoms with Crippen LogP contribution in [0.5, 0.6) is 5.75 Å². The van der Waals surface area contributed by atoms with E-state index in [1.165, 1.54) is 13.1 Å². The maximum Gasteiger partial charge on any atom is 0.308 e. The molecule has 2 fully saturated rings. The van der Waals surface area contributed by atoms with Crippen LogP contribution in [-0.2, 0) is 14.4 Å². The van der Waals surface area contributed by atoms with E-state index >= 15 is 0 Å². The number of allylic oxidation sites excluding steroid dienone is 2. The topological polar surface area (TPSA) is 76.0 Å². The third-order valence-electron chi connectivity index (χ3n) is 4.98. The van der Waals surface area contributed by atoms with Crippen LogP contribution in [-0.4, -0.2) is 29.0 Å². The smallest absolute Gasteiger partial charge is 0.308 e. The van der Waals surface area contributed by atoms with Crippen molar-refractivity contribution in [1.82, 2.24) is 5.01 Å². The van der Waals surface area contributed by atoms with Crippen molar-refractivity contribution in [3.05, 3.63) is 40.4 Å². The number of carbonyl (C=O) groups is 3. The van der Waals surface area contributed by atoms with Crippen LogP contribution < -0.4 is 4.74 Å². The molecule has 4 rings (SSSR count). The first-order valence-electron chi connectivity index (χ1n) is 8.04. The molecule has 0 N–H and O–H groups in total. The highest BCUT2D eigenvalue weighted by molar-refractivity contribution is 9.10. The summed E-state index contributed by atoms with van der Waals surface area (Å²) in [6.07, 6.45) is 6.34. The number of rotatable bonds is 3. The van der Waals surface area contributed by atoms with Crippen LogP contribution in [0.3, 0.4) is 0 Å². The van der Waals surface area contributed by atoms with Crippen LogP contribution in [0, 0.1) is 23.7 Å². The minimum atomic E-state index is -0.456. The van der Waals surface area contributed by atoms with E-state index in [9.17, 15) is 14.4 Å². The lowest BCUT2D eigenvalue weighted by Crippen LogP contribution is -2.28. The number of hydrogen-bond acceptors (Lipinski definition) is 5. The van der Waals surface area contributed by atoms with Gasteiger partial charge in [0.25, 0.3) is 11.8 Å². The van der Waals surface area contributed by atoms with E-state index in [1.54, 1.807) is 18.2 Å². The molecule has 1 aromatic rings. The van der Waals surface area contributed by atoms with Gasteiger partial charge < -0.3 is 4.74 Å². The summed E-state index contributed by atoms with van der Waals surface area (Å²) in [6, 6.07) is 5.06. The number of esters is 1. The molecule has 1 saturated heterocycles. The van der Waals surface area contributed by atoms with Crippen LogP contribution in [0.25, 0.3) is 0 Å². The normalized spacial score (nSPS) is 29.8. The van der Waals surface area contributed by atoms with Gasteiger partial charge in [-0.25, -0.2) is 0 Å². The van der Waals surface area contributed by atoms with Gasteiger partial charge >= 0.3 is 5.97 Å². The molecule has 2 aliphatic carbocycles. The molecule has 4 unspecified atom stereocenters. The van der Waals surface area contributed by atoms with Crippen LogP contribution in [0.1, 0.15) is 18.9 Å². The van der Waals surface area contributed by atoms with Gasteiger partial charge in [-0.2, -0.15) is 10.1 Å². The predicted molar refractivity (Wildman–Crippen MR) is 92.6 cm³/mol. The summed E-state index contributed by atoms with van der Waals surface area (Å²) >= 11 is 3.35. The van der Waals surface area contributed by atoms with Gasteiger partial charge in [0.1, 0.15) is 5.75 Å². The molecule has 0 spiro atoms. The van der Waals surface area contributed by atoms with Crippen LogP contribution in [0.4, 0.5) is 0 Å². The van der Waals surface area contributed by atoms with Crippen molar-refractivity contribution < 1.29 is 19.1 Å². The van der Waals surface area contributed by atoms with Gasteiger partial charge in [0.2, 0.25) is 0 Å². The van der Waals surface area contributed by atoms with E-state index in [-0.39, 0.29) is 35.5 Å². The zero-order chi connectivity index (χ0) is 17.7. The first-order chi connectivity index (χ1) is 12.0. The van der Waals surface area contributed by atoms with Crippen molar-refractivity contribution in [3.8, 4) is 5.75 Å². The number of benzene rings is 1. The van der Waals surface area contributed by atoms with Gasteiger partial charge in [-0.05, 0) is 36.5 Å². The largest absolute Gasteiger partial charge is 0.426 e. The molecule has 0 aromatic heterocycles. The first kappa shape index (κ1) is 16.2. The molecule has 1 aromatic carbocycles. The monoisotopic (exact) mass is 402 g/mol. The quantitative estimate of drug-likeness (QED) is 0.256. The summed E-state index contributed by atoms with van der Waals surface area (Å²) < 4.78 is 5.91. The van der Waals surface area contributed by atoms with Crippen molar-refractivity contribution in [2.24, 2.45) is 28.8 Å². The molecule has 3 aliphatic rings. The fraction of sp³-hybridized carbons (Fsp3) is 0.333. The van der Waals surface area contributed by atoms with Crippen molar-refractivity contribution in [3.63, 3.8) is 0 Å². The molecular formula is C18H15BrN2O4. The summed E-state index contributed by atoms with van der Waals surface area (Å²) in [5.74, 6) is -0.893. The lowest BCUT2D eigenvalue weighted by atomic mass is 9.85. The predicted octanol–water partition coefficient (Wildman–Crippen LogP) is 2.52. The molecular weight excluding hydrogens is 388 g/mol. The number of fused-ring (bicyclic) bond motifs is 5. The van der Waals surface area contributed by atoms with Gasteiger partial charge in [-0.1, -0.05) is 28.1 Å². The third kappa shape index (κ3) is 2.63. The molecule has 1 heterocycles. The minimum absolute atomic E-state index is 0.147. The third-order valence-corrected chi connectivity index (χ3v) is 5.48. The number of imide groups is 1. The molecule has 7 heteroatoms. The van der Waals surface area contributed by atoms with Crippen molar-refractivity contribution >= 4 is 39.9 Å². The first-order valence-corrected chi connectivity index (χ1v) is 8.83. The van der Waals surface area contributed by atoms with Gasteiger partial charge in [-0.3, -0.25) is 14.4 Å². The summed E-state index contributed by atoms with van der Waals surface area (Å²) in [7, 11) is 0. The minimum Gasteiger partial charge on any atom is -0.426 e. The van der Waals surface area contributed by atoms with E-state index in [0.29, 0.717) is 11.3 Å². The summed E-state index contributed by atoms with van der Waals surface area (Å²) in [4.78, 5) is 36.4. The Hall–Kier alpha value is -2.28. The molecule has 6 nitrogen and oxygen atoms in total. The lowest BCUT2D eigenvalue weighted by Gasteiger charge is -2.13. The Morgan fingerprint density at radius 2 is 1.88 bits per heavy atom. The van der Waals surface area contributed by atoms with E-state index in [4.69, 9.17) is 4.74 Å². The second-order valence-corrected chi connectivity index (χ2v) is 7.42. The Morgan fingerprint density at radius 3 is 2.48 bits per heavy atom. The highest BCUT2D eigenvalue weighted by Crippen LogP contribution is 2.52. The molecule has 4 atom stereocenters. The van der Waals surface area contributed by atoms with E-state index in [0.717, 1.165) is 15.9 Å². The zero-order valence-electron chi connectivity index (χ0n) is 13.4. The summed E-state index contributed by atoms with van der Waals surface area (Å²) in [5, 5.41) is 5.09. The maximum atomic E-state index is 12.6. The standard InChI is InChI=1S/C18H15BrN2O4/c1-9(22)25-14-5-4-13(19)7-12(14)8-20-21-17(23)15-10-2-3-11(6-10)16(15)18(21)24/h2-5,7-8,10-11,15-16H,6H2,1H3. The number of nitrogens with zero attached hydrogens (tertiary/aromatic N) is 2. The number of hydrazone groups is 1. The highest BCUT2D eigenvalue weighted by atomic mass is 79.9. The molecule has 1 aliphatic heterocycles. The molecule has 2 amide bonds. The Kier molecular flexibility index (Phi) is 3.83. The van der Waals surface area contributed by atoms with E-state index in [2.05, 4.69) is 21.0 Å². The van der Waals surface area contributed by atoms with Crippen LogP contribution in [0.2, 0.25) is 0 Å². The highest BCUT2D eigenvalue weighted by Gasteiger charge is 2.59. The maximum absolute atomic E-state index is 12.6. The Bertz CT molecular complexity index is 817. The molecule has 0 radical (unpaired) electrons. The lowest BCUT2D eigenvalue weighted by molar-refractivity contribution is -0.140. The van der Waals surface area contributed by atoms with Crippen LogP contribution >= 0.6 is 15.9 Å². The number of halogens is 1. The van der Waals surface area contributed by atoms with Crippen molar-refractivity contribution in [2.75, 3.05) is 0 Å². The van der Waals surface area contributed by atoms with Gasteiger partial charge in [0, 0.05) is 17.0 Å². The number of hydrogen-bond donors (Lipinski definition) is 0. The number of amides is 2. The van der Waals surface area contributed by atoms with E-state index < -0.39 is 5.97 Å². The SMILES string of the molecule is CC(=O)Oc1ccc(Br)cc1C=NN1C(=O)C2C3C=CC(C3)C2C1=O. The van der Waals surface area contributed by atoms with Crippen LogP contribution in [0.15, 0.2) is 39.9 Å². The van der Waals surface area contributed by atoms with Gasteiger partial charge in [-0.15, -0.1) is 0 Å². The van der Waals surface area contributed by atoms with Crippen molar-refractivity contribution in [1.29, 1.82) is 0 Å². The molecule has 128 valence electrons. The number of carbonyl (C=O) groups excluding carboxylic acids is 3. The Morgan fingerprint density at radius 1 is 1.24 bits per heavy atom. The zero-order valence-corrected chi connectivity index (χ0v) is 15.0. The average molecular weight is 403 g/mol. The molecule has 25 heavy (non-hydrogen) atoms. The Labute approximate surface area is 152 Å². The Balaban J connectivity index is 1.61. The van der Waals surface area contributed by atoms with Gasteiger partial charge in [0.05, 0.1) is 18.1 Å². The molecule has 2 bridgehead atoms. The summed E-state index contributed by atoms with van der Waals surface area (Å²) in [5.41, 5.74) is 0.503. The van der Waals surface area contributed by atoms with E-state index in [1.807, 2.05) is 12.2 Å².